The first-order valence-electron chi connectivity index (χ1n) is 10.8. The second-order valence-corrected chi connectivity index (χ2v) is 8.57. The molecule has 0 radical (unpaired) electrons. The molecule has 1 aliphatic heterocycles. The van der Waals surface area contributed by atoms with Gasteiger partial charge in [-0.1, -0.05) is 31.4 Å². The summed E-state index contributed by atoms with van der Waals surface area (Å²) >= 11 is 0. The summed E-state index contributed by atoms with van der Waals surface area (Å²) in [4.78, 5) is 26.9. The predicted octanol–water partition coefficient (Wildman–Crippen LogP) is 4.31. The number of hydrogen-bond donors (Lipinski definition) is 1. The van der Waals surface area contributed by atoms with E-state index < -0.39 is 0 Å². The first-order valence-corrected chi connectivity index (χ1v) is 10.8. The van der Waals surface area contributed by atoms with Crippen LogP contribution in [0.15, 0.2) is 18.2 Å². The van der Waals surface area contributed by atoms with E-state index in [4.69, 9.17) is 0 Å². The third-order valence-electron chi connectivity index (χ3n) is 6.42. The van der Waals surface area contributed by atoms with Gasteiger partial charge in [-0.2, -0.15) is 0 Å². The predicted molar refractivity (Wildman–Crippen MR) is 114 cm³/mol. The number of hydrogen-bond acceptors (Lipinski definition) is 2. The van der Waals surface area contributed by atoms with Crippen LogP contribution >= 0.6 is 0 Å². The molecule has 4 heteroatoms. The molecule has 0 atom stereocenters. The van der Waals surface area contributed by atoms with Crippen molar-refractivity contribution in [1.29, 1.82) is 0 Å². The molecule has 1 aromatic rings. The minimum Gasteiger partial charge on any atom is -0.353 e. The van der Waals surface area contributed by atoms with Crippen molar-refractivity contribution in [3.05, 3.63) is 40.5 Å². The summed E-state index contributed by atoms with van der Waals surface area (Å²) in [5.74, 6) is 0.502. The highest BCUT2D eigenvalue weighted by Gasteiger charge is 2.26. The largest absolute Gasteiger partial charge is 0.353 e. The Hall–Kier alpha value is -2.10. The van der Waals surface area contributed by atoms with Gasteiger partial charge in [0.25, 0.3) is 0 Å². The lowest BCUT2D eigenvalue weighted by atomic mass is 9.88. The van der Waals surface area contributed by atoms with Gasteiger partial charge < -0.3 is 10.2 Å². The van der Waals surface area contributed by atoms with Crippen molar-refractivity contribution in [3.63, 3.8) is 0 Å². The van der Waals surface area contributed by atoms with Gasteiger partial charge in [-0.3, -0.25) is 9.59 Å². The second kappa shape index (κ2) is 9.40. The zero-order valence-electron chi connectivity index (χ0n) is 17.6. The molecule has 1 aliphatic carbocycles. The number of benzene rings is 1. The molecule has 28 heavy (non-hydrogen) atoms. The fourth-order valence-corrected chi connectivity index (χ4v) is 4.36. The summed E-state index contributed by atoms with van der Waals surface area (Å²) in [5.41, 5.74) is 4.81. The van der Waals surface area contributed by atoms with Crippen molar-refractivity contribution in [2.45, 2.75) is 71.8 Å². The highest BCUT2D eigenvalue weighted by molar-refractivity contribution is 5.92. The number of rotatable bonds is 4. The molecule has 1 saturated carbocycles. The van der Waals surface area contributed by atoms with Gasteiger partial charge in [0.05, 0.1) is 0 Å². The first kappa shape index (κ1) is 20.6. The van der Waals surface area contributed by atoms with Crippen LogP contribution in [-0.4, -0.2) is 35.8 Å². The van der Waals surface area contributed by atoms with Crippen molar-refractivity contribution in [2.75, 3.05) is 13.1 Å². The van der Waals surface area contributed by atoms with E-state index in [0.29, 0.717) is 13.1 Å². The van der Waals surface area contributed by atoms with Crippen LogP contribution in [0.2, 0.25) is 0 Å². The van der Waals surface area contributed by atoms with Gasteiger partial charge in [0.1, 0.15) is 0 Å². The molecule has 1 saturated heterocycles. The van der Waals surface area contributed by atoms with Gasteiger partial charge in [0, 0.05) is 31.1 Å². The molecule has 4 nitrogen and oxygen atoms in total. The average molecular weight is 383 g/mol. The van der Waals surface area contributed by atoms with E-state index in [1.807, 2.05) is 11.0 Å². The Kier molecular flexibility index (Phi) is 6.93. The van der Waals surface area contributed by atoms with Crippen LogP contribution in [0.5, 0.6) is 0 Å². The Balaban J connectivity index is 1.48. The van der Waals surface area contributed by atoms with Crippen LogP contribution in [0.25, 0.3) is 6.08 Å². The average Bonchev–Trinajstić information content (AvgIpc) is 2.70. The van der Waals surface area contributed by atoms with Crippen molar-refractivity contribution in [3.8, 4) is 0 Å². The van der Waals surface area contributed by atoms with E-state index in [9.17, 15) is 9.59 Å². The van der Waals surface area contributed by atoms with Gasteiger partial charge in [-0.15, -0.1) is 0 Å². The highest BCUT2D eigenvalue weighted by atomic mass is 16.2. The zero-order valence-corrected chi connectivity index (χ0v) is 17.6. The van der Waals surface area contributed by atoms with Crippen LogP contribution in [0, 0.1) is 26.7 Å². The monoisotopic (exact) mass is 382 g/mol. The Morgan fingerprint density at radius 1 is 0.929 bits per heavy atom. The zero-order chi connectivity index (χ0) is 20.1. The maximum absolute atomic E-state index is 12.6. The van der Waals surface area contributed by atoms with E-state index >= 15 is 0 Å². The van der Waals surface area contributed by atoms with E-state index in [0.717, 1.165) is 31.2 Å². The number of piperidine rings is 1. The van der Waals surface area contributed by atoms with E-state index in [2.05, 4.69) is 38.2 Å². The van der Waals surface area contributed by atoms with Crippen molar-refractivity contribution >= 4 is 17.9 Å². The number of carbonyl (C=O) groups excluding carboxylic acids is 2. The number of aryl methyl sites for hydroxylation is 3. The van der Waals surface area contributed by atoms with Crippen molar-refractivity contribution in [1.82, 2.24) is 10.2 Å². The Morgan fingerprint density at radius 3 is 2.25 bits per heavy atom. The van der Waals surface area contributed by atoms with E-state index in [-0.39, 0.29) is 23.8 Å². The summed E-state index contributed by atoms with van der Waals surface area (Å²) < 4.78 is 0. The first-order chi connectivity index (χ1) is 13.4. The number of amides is 2. The smallest absolute Gasteiger partial charge is 0.246 e. The van der Waals surface area contributed by atoms with Crippen molar-refractivity contribution in [2.24, 2.45) is 5.92 Å². The fourth-order valence-electron chi connectivity index (χ4n) is 4.36. The van der Waals surface area contributed by atoms with Gasteiger partial charge in [-0.25, -0.2) is 0 Å². The van der Waals surface area contributed by atoms with E-state index in [1.165, 1.54) is 36.0 Å². The molecular formula is C24H34N2O2. The summed E-state index contributed by atoms with van der Waals surface area (Å²) in [6, 6.07) is 4.52. The van der Waals surface area contributed by atoms with E-state index in [1.54, 1.807) is 6.08 Å². The Labute approximate surface area is 169 Å². The van der Waals surface area contributed by atoms with Crippen LogP contribution in [0.1, 0.15) is 67.2 Å². The molecule has 1 aromatic carbocycles. The minimum absolute atomic E-state index is 0.0645. The third-order valence-corrected chi connectivity index (χ3v) is 6.42. The number of nitrogens with zero attached hydrogens (tertiary/aromatic N) is 1. The molecule has 2 amide bonds. The van der Waals surface area contributed by atoms with Gasteiger partial charge in [0.2, 0.25) is 11.8 Å². The fraction of sp³-hybridized carbons (Fsp3) is 0.583. The standard InChI is InChI=1S/C24H34N2O2/c1-17-15-19(3)21(16-18(17)2)9-10-23(27)26-13-11-22(12-14-26)25-24(28)20-7-5-4-6-8-20/h9-10,15-16,20,22H,4-8,11-14H2,1-3H3,(H,25,28)/b10-9+. The molecular weight excluding hydrogens is 348 g/mol. The van der Waals surface area contributed by atoms with Crippen LogP contribution in [0.3, 0.4) is 0 Å². The van der Waals surface area contributed by atoms with Gasteiger partial charge in [-0.05, 0) is 74.8 Å². The summed E-state index contributed by atoms with van der Waals surface area (Å²) in [6.07, 6.45) is 11.0. The third kappa shape index (κ3) is 5.24. The Bertz CT molecular complexity index is 739. The lowest BCUT2D eigenvalue weighted by Gasteiger charge is -2.33. The molecule has 1 heterocycles. The molecule has 0 unspecified atom stereocenters. The highest BCUT2D eigenvalue weighted by Crippen LogP contribution is 2.24. The molecule has 3 rings (SSSR count). The molecule has 2 aliphatic rings. The van der Waals surface area contributed by atoms with Crippen LogP contribution in [-0.2, 0) is 9.59 Å². The Morgan fingerprint density at radius 2 is 1.57 bits per heavy atom. The number of likely N-dealkylation sites (tertiary alicyclic amines) is 1. The summed E-state index contributed by atoms with van der Waals surface area (Å²) in [5, 5.41) is 3.23. The summed E-state index contributed by atoms with van der Waals surface area (Å²) in [6.45, 7) is 7.71. The molecule has 0 bridgehead atoms. The number of carbonyl (C=O) groups is 2. The molecule has 1 N–H and O–H groups in total. The maximum atomic E-state index is 12.6. The molecule has 0 aromatic heterocycles. The maximum Gasteiger partial charge on any atom is 0.246 e. The lowest BCUT2D eigenvalue weighted by molar-refractivity contribution is -0.128. The number of nitrogens with one attached hydrogen (secondary N) is 1. The SMILES string of the molecule is Cc1cc(C)c(/C=C/C(=O)N2CCC(NC(=O)C3CCCCC3)CC2)cc1C. The molecule has 0 spiro atoms. The molecule has 2 fully saturated rings. The minimum atomic E-state index is 0.0645. The summed E-state index contributed by atoms with van der Waals surface area (Å²) in [7, 11) is 0. The van der Waals surface area contributed by atoms with Crippen LogP contribution in [0.4, 0.5) is 0 Å². The van der Waals surface area contributed by atoms with Gasteiger partial charge >= 0.3 is 0 Å². The normalized spacial score (nSPS) is 19.2. The second-order valence-electron chi connectivity index (χ2n) is 8.57. The molecule has 152 valence electrons. The van der Waals surface area contributed by atoms with Crippen LogP contribution < -0.4 is 5.32 Å². The van der Waals surface area contributed by atoms with Gasteiger partial charge in [0.15, 0.2) is 0 Å². The topological polar surface area (TPSA) is 49.4 Å². The lowest BCUT2D eigenvalue weighted by Crippen LogP contribution is -2.47. The van der Waals surface area contributed by atoms with Crippen molar-refractivity contribution < 1.29 is 9.59 Å². The quantitative estimate of drug-likeness (QED) is 0.789.